The SMILES string of the molecule is CS(=O)(=O)Nc1cccc(N)c1.Cc1c(Nc2cccc(NS(C)(=O)=O)c2)c2c(=O)n(C)c(=O)n(-c3ccc(I)cc3F)c2n(C)c1=O.Cc1c(OS(C)(=O)=O)c2c(=O)n(C)c(=O)n(-c3ccc(I)cc3F)c2n(C)c1=O. The molecular weight excluding hydrogens is 1300 g/mol. The Balaban J connectivity index is 0.000000209. The lowest BCUT2D eigenvalue weighted by Gasteiger charge is -2.20. The molecule has 4 heterocycles. The molecule has 0 aliphatic rings. The van der Waals surface area contributed by atoms with E-state index in [9.17, 15) is 58.4 Å². The molecule has 0 unspecified atom stereocenters. The second-order valence-electron chi connectivity index (χ2n) is 17.1. The summed E-state index contributed by atoms with van der Waals surface area (Å²) in [5.41, 5.74) is 2.02. The van der Waals surface area contributed by atoms with Gasteiger partial charge in [-0.2, -0.15) is 8.42 Å². The summed E-state index contributed by atoms with van der Waals surface area (Å²) in [6.07, 6.45) is 2.86. The summed E-state index contributed by atoms with van der Waals surface area (Å²) in [7, 11) is -5.72. The van der Waals surface area contributed by atoms with Crippen LogP contribution < -0.4 is 58.3 Å². The van der Waals surface area contributed by atoms with Gasteiger partial charge in [-0.15, -0.1) is 0 Å². The molecule has 23 nitrogen and oxygen atoms in total. The van der Waals surface area contributed by atoms with Crippen molar-refractivity contribution in [2.45, 2.75) is 13.8 Å². The number of anilines is 5. The van der Waals surface area contributed by atoms with Gasteiger partial charge in [0.15, 0.2) is 5.75 Å². The lowest BCUT2D eigenvalue weighted by atomic mass is 10.1. The number of aryl methyl sites for hydroxylation is 2. The van der Waals surface area contributed by atoms with Crippen LogP contribution in [0.3, 0.4) is 0 Å². The first kappa shape index (κ1) is 59.1. The maximum absolute atomic E-state index is 15.0. The number of sulfonamides is 2. The number of halogens is 4. The van der Waals surface area contributed by atoms with Crippen molar-refractivity contribution < 1.29 is 38.2 Å². The lowest BCUT2D eigenvalue weighted by molar-refractivity contribution is 0.491. The summed E-state index contributed by atoms with van der Waals surface area (Å²) in [5.74, 6) is -1.96. The fourth-order valence-electron chi connectivity index (χ4n) is 7.74. The number of fused-ring (bicyclic) bond motifs is 2. The second-order valence-corrected chi connectivity index (χ2v) is 24.7. The predicted octanol–water partition coefficient (Wildman–Crippen LogP) is 3.97. The van der Waals surface area contributed by atoms with Crippen molar-refractivity contribution in [2.75, 3.05) is 39.3 Å². The Bertz CT molecular complexity index is 4500. The average Bonchev–Trinajstić information content (AvgIpc) is 3.32. The van der Waals surface area contributed by atoms with Crippen molar-refractivity contribution in [1.29, 1.82) is 0 Å². The second kappa shape index (κ2) is 22.4. The molecule has 30 heteroatoms. The minimum atomic E-state index is -4.11. The molecule has 0 amide bonds. The Morgan fingerprint density at radius 1 is 0.532 bits per heavy atom. The Morgan fingerprint density at radius 2 is 0.948 bits per heavy atom. The summed E-state index contributed by atoms with van der Waals surface area (Å²) >= 11 is 3.83. The van der Waals surface area contributed by atoms with Gasteiger partial charge in [-0.3, -0.25) is 46.9 Å². The highest BCUT2D eigenvalue weighted by Crippen LogP contribution is 2.30. The summed E-state index contributed by atoms with van der Waals surface area (Å²) < 4.78 is 114. The van der Waals surface area contributed by atoms with E-state index in [1.54, 1.807) is 48.5 Å². The van der Waals surface area contributed by atoms with Crippen molar-refractivity contribution in [2.24, 2.45) is 28.2 Å². The standard InChI is InChI=1S/C23H21FIN5O5S.C17H15FIN3O6S.C7H10N2O2S/c1-12-19(26-14-6-5-7-15(11-14)27-36(4,34)35)18-20(28(2)21(12)31)30(23(33)29(3)22(18)32)17-9-8-13(25)10-16(17)24;1-8-13(28-29(4,26)27)12-14(20(2)15(8)23)22(17(25)21(3)16(12)24)11-6-5-9(19)7-10(11)18;1-12(10,11)9-7-4-2-3-6(8)5-7/h5-11,26-27H,1-4H3;5-7H,1-4H3;2-5,9H,8H2,1H3. The van der Waals surface area contributed by atoms with Gasteiger partial charge in [0.25, 0.3) is 22.2 Å². The normalized spacial score (nSPS) is 11.6. The first-order chi connectivity index (χ1) is 35.6. The van der Waals surface area contributed by atoms with Crippen LogP contribution in [0.15, 0.2) is 114 Å². The van der Waals surface area contributed by atoms with Gasteiger partial charge in [-0.05, 0) is 132 Å². The quantitative estimate of drug-likeness (QED) is 0.0856. The van der Waals surface area contributed by atoms with E-state index in [0.717, 1.165) is 48.7 Å². The number of aromatic nitrogens is 6. The molecule has 0 saturated heterocycles. The summed E-state index contributed by atoms with van der Waals surface area (Å²) in [6, 6.07) is 21.1. The number of nitrogens with one attached hydrogen (secondary N) is 3. The molecule has 0 atom stereocenters. The Labute approximate surface area is 463 Å². The number of rotatable bonds is 10. The molecule has 0 spiro atoms. The number of hydrogen-bond acceptors (Lipinski definition) is 15. The predicted molar refractivity (Wildman–Crippen MR) is 308 cm³/mol. The third kappa shape index (κ3) is 13.0. The van der Waals surface area contributed by atoms with Crippen LogP contribution in [0.4, 0.5) is 37.2 Å². The van der Waals surface area contributed by atoms with Crippen molar-refractivity contribution in [3.8, 4) is 17.1 Å². The minimum absolute atomic E-state index is 0.0175. The Kier molecular flexibility index (Phi) is 17.2. The molecule has 0 saturated carbocycles. The number of nitrogens with two attached hydrogens (primary N) is 1. The van der Waals surface area contributed by atoms with E-state index in [1.807, 2.05) is 45.2 Å². The van der Waals surface area contributed by atoms with Gasteiger partial charge in [-0.25, -0.2) is 44.3 Å². The van der Waals surface area contributed by atoms with Crippen molar-refractivity contribution >= 4 is 126 Å². The van der Waals surface area contributed by atoms with Crippen LogP contribution in [-0.4, -0.2) is 71.4 Å². The van der Waals surface area contributed by atoms with Crippen molar-refractivity contribution in [1.82, 2.24) is 27.4 Å². The lowest BCUT2D eigenvalue weighted by Crippen LogP contribution is -2.41. The zero-order valence-electron chi connectivity index (χ0n) is 41.9. The summed E-state index contributed by atoms with van der Waals surface area (Å²) in [4.78, 5) is 78.2. The fourth-order valence-corrected chi connectivity index (χ4v) is 10.3. The highest BCUT2D eigenvalue weighted by Gasteiger charge is 2.27. The largest absolute Gasteiger partial charge is 0.399 e. The molecule has 0 aliphatic carbocycles. The zero-order chi connectivity index (χ0) is 57.5. The number of hydrogen-bond donors (Lipinski definition) is 4. The monoisotopic (exact) mass is 1350 g/mol. The van der Waals surface area contributed by atoms with E-state index in [0.29, 0.717) is 28.8 Å². The van der Waals surface area contributed by atoms with Crippen LogP contribution in [0.2, 0.25) is 0 Å². The van der Waals surface area contributed by atoms with E-state index < -0.39 is 81.2 Å². The smallest absolute Gasteiger partial charge is 0.337 e. The summed E-state index contributed by atoms with van der Waals surface area (Å²) in [6.45, 7) is 2.81. The van der Waals surface area contributed by atoms with Crippen molar-refractivity contribution in [3.63, 3.8) is 0 Å². The van der Waals surface area contributed by atoms with Crippen LogP contribution in [0.5, 0.6) is 5.75 Å². The van der Waals surface area contributed by atoms with E-state index in [4.69, 9.17) is 9.92 Å². The Hall–Kier alpha value is -7.17. The van der Waals surface area contributed by atoms with E-state index in [2.05, 4.69) is 14.8 Å². The highest BCUT2D eigenvalue weighted by atomic mass is 127. The molecule has 0 aliphatic heterocycles. The third-order valence-corrected chi connectivity index (χ3v) is 14.1. The Morgan fingerprint density at radius 3 is 1.39 bits per heavy atom. The number of pyridine rings is 2. The number of nitrogens with zero attached hydrogens (tertiary/aromatic N) is 6. The van der Waals surface area contributed by atoms with E-state index in [1.165, 1.54) is 71.4 Å². The number of benzene rings is 4. The first-order valence-corrected chi connectivity index (χ1v) is 29.6. The van der Waals surface area contributed by atoms with Gasteiger partial charge in [0, 0.05) is 52.3 Å². The molecule has 5 N–H and O–H groups in total. The summed E-state index contributed by atoms with van der Waals surface area (Å²) in [5, 5.41) is 2.67. The molecule has 0 radical (unpaired) electrons. The van der Waals surface area contributed by atoms with Crippen LogP contribution >= 0.6 is 45.2 Å². The molecule has 0 fully saturated rings. The minimum Gasteiger partial charge on any atom is -0.399 e. The molecule has 4 aromatic heterocycles. The van der Waals surface area contributed by atoms with Gasteiger partial charge in [0.1, 0.15) is 33.7 Å². The van der Waals surface area contributed by atoms with Gasteiger partial charge >= 0.3 is 21.5 Å². The van der Waals surface area contributed by atoms with Gasteiger partial charge in [0.05, 0.1) is 52.8 Å². The molecule has 0 bridgehead atoms. The molecule has 408 valence electrons. The van der Waals surface area contributed by atoms with Gasteiger partial charge in [-0.1, -0.05) is 12.1 Å². The molecular formula is C47H46F2I2N10O13S3. The maximum Gasteiger partial charge on any atom is 0.337 e. The van der Waals surface area contributed by atoms with Gasteiger partial charge < -0.3 is 15.2 Å². The van der Waals surface area contributed by atoms with Crippen molar-refractivity contribution in [3.05, 3.63) is 177 Å². The van der Waals surface area contributed by atoms with Crippen LogP contribution in [0, 0.1) is 32.6 Å². The van der Waals surface area contributed by atoms with E-state index in [-0.39, 0.29) is 55.9 Å². The molecule has 8 aromatic rings. The fraction of sp³-hybridized carbons (Fsp3) is 0.191. The third-order valence-electron chi connectivity index (χ3n) is 11.1. The zero-order valence-corrected chi connectivity index (χ0v) is 48.7. The van der Waals surface area contributed by atoms with Crippen LogP contribution in [0.25, 0.3) is 33.4 Å². The first-order valence-electron chi connectivity index (χ1n) is 21.8. The van der Waals surface area contributed by atoms with E-state index >= 15 is 4.39 Å². The van der Waals surface area contributed by atoms with Crippen LogP contribution in [-0.2, 0) is 58.4 Å². The molecule has 4 aromatic carbocycles. The van der Waals surface area contributed by atoms with Gasteiger partial charge in [0.2, 0.25) is 20.0 Å². The topological polar surface area (TPSA) is 306 Å². The van der Waals surface area contributed by atoms with Crippen LogP contribution in [0.1, 0.15) is 11.1 Å². The maximum atomic E-state index is 15.0. The number of nitrogen functional groups attached to an aromatic ring is 1. The highest BCUT2D eigenvalue weighted by molar-refractivity contribution is 14.1. The molecule has 77 heavy (non-hydrogen) atoms. The average molecular weight is 1350 g/mol. The molecule has 8 rings (SSSR count).